The van der Waals surface area contributed by atoms with E-state index in [1.54, 1.807) is 12.1 Å². The molecule has 5 nitrogen and oxygen atoms in total. The highest BCUT2D eigenvalue weighted by Gasteiger charge is 2.28. The fourth-order valence-electron chi connectivity index (χ4n) is 3.99. The molecule has 1 aliphatic rings. The monoisotopic (exact) mass is 397 g/mol. The standard InChI is InChI=1S/C24H31NO4/c1-5-27-21-15-18(16-22(28-6-2)23(21)29-7-3)24(26)25(4)20-14-10-12-17-11-8-9-13-19(17)20/h8-9,11,13,15-16,20H,5-7,10,12,14H2,1-4H3. The number of fused-ring (bicyclic) bond motifs is 1. The summed E-state index contributed by atoms with van der Waals surface area (Å²) < 4.78 is 17.3. The van der Waals surface area contributed by atoms with E-state index in [0.29, 0.717) is 42.6 Å². The van der Waals surface area contributed by atoms with Gasteiger partial charge in [0.15, 0.2) is 11.5 Å². The first-order valence-electron chi connectivity index (χ1n) is 10.5. The van der Waals surface area contributed by atoms with Gasteiger partial charge >= 0.3 is 0 Å². The van der Waals surface area contributed by atoms with Crippen molar-refractivity contribution in [1.82, 2.24) is 4.90 Å². The van der Waals surface area contributed by atoms with Crippen molar-refractivity contribution in [3.8, 4) is 17.2 Å². The maximum absolute atomic E-state index is 13.4. The van der Waals surface area contributed by atoms with Crippen molar-refractivity contribution in [1.29, 1.82) is 0 Å². The van der Waals surface area contributed by atoms with Crippen LogP contribution in [0.15, 0.2) is 36.4 Å². The van der Waals surface area contributed by atoms with E-state index in [2.05, 4.69) is 18.2 Å². The van der Waals surface area contributed by atoms with Gasteiger partial charge in [-0.2, -0.15) is 0 Å². The molecule has 0 fully saturated rings. The van der Waals surface area contributed by atoms with Gasteiger partial charge in [0.25, 0.3) is 5.91 Å². The van der Waals surface area contributed by atoms with Crippen molar-refractivity contribution in [3.05, 3.63) is 53.1 Å². The van der Waals surface area contributed by atoms with Gasteiger partial charge in [-0.05, 0) is 63.3 Å². The van der Waals surface area contributed by atoms with E-state index >= 15 is 0 Å². The number of hydrogen-bond acceptors (Lipinski definition) is 4. The fraction of sp³-hybridized carbons (Fsp3) is 0.458. The number of benzene rings is 2. The Kier molecular flexibility index (Phi) is 7.02. The Hall–Kier alpha value is -2.69. The van der Waals surface area contributed by atoms with Crippen molar-refractivity contribution in [2.45, 2.75) is 46.1 Å². The summed E-state index contributed by atoms with van der Waals surface area (Å²) >= 11 is 0. The number of amides is 1. The largest absolute Gasteiger partial charge is 0.490 e. The fourth-order valence-corrected chi connectivity index (χ4v) is 3.99. The first kappa shape index (κ1) is 21.0. The summed E-state index contributed by atoms with van der Waals surface area (Å²) in [7, 11) is 1.88. The number of carbonyl (C=O) groups excluding carboxylic acids is 1. The first-order chi connectivity index (χ1) is 14.1. The molecule has 1 atom stereocenters. The average molecular weight is 398 g/mol. The van der Waals surface area contributed by atoms with E-state index in [9.17, 15) is 4.79 Å². The zero-order chi connectivity index (χ0) is 20.8. The van der Waals surface area contributed by atoms with Crippen LogP contribution in [0.1, 0.15) is 61.1 Å². The summed E-state index contributed by atoms with van der Waals surface area (Å²) in [5.41, 5.74) is 3.13. The van der Waals surface area contributed by atoms with Gasteiger partial charge in [-0.15, -0.1) is 0 Å². The SMILES string of the molecule is CCOc1cc(C(=O)N(C)C2CCCc3ccccc32)cc(OCC)c1OCC. The molecule has 0 heterocycles. The predicted octanol–water partition coefficient (Wildman–Crippen LogP) is 5.03. The van der Waals surface area contributed by atoms with Crippen LogP contribution in [0.2, 0.25) is 0 Å². The Labute approximate surface area is 173 Å². The minimum atomic E-state index is -0.0448. The molecular weight excluding hydrogens is 366 g/mol. The Morgan fingerprint density at radius 3 is 2.24 bits per heavy atom. The van der Waals surface area contributed by atoms with Crippen LogP contribution < -0.4 is 14.2 Å². The molecule has 3 rings (SSSR count). The topological polar surface area (TPSA) is 48.0 Å². The second-order valence-corrected chi connectivity index (χ2v) is 7.12. The lowest BCUT2D eigenvalue weighted by Gasteiger charge is -2.33. The lowest BCUT2D eigenvalue weighted by atomic mass is 9.87. The van der Waals surface area contributed by atoms with Gasteiger partial charge in [-0.3, -0.25) is 4.79 Å². The van der Waals surface area contributed by atoms with Crippen LogP contribution in [0.5, 0.6) is 17.2 Å². The third kappa shape index (κ3) is 4.50. The molecular formula is C24H31NO4. The molecule has 0 saturated heterocycles. The van der Waals surface area contributed by atoms with E-state index in [4.69, 9.17) is 14.2 Å². The molecule has 0 N–H and O–H groups in total. The second kappa shape index (κ2) is 9.68. The lowest BCUT2D eigenvalue weighted by Crippen LogP contribution is -2.33. The van der Waals surface area contributed by atoms with Crippen molar-refractivity contribution >= 4 is 5.91 Å². The maximum atomic E-state index is 13.4. The van der Waals surface area contributed by atoms with Crippen molar-refractivity contribution < 1.29 is 19.0 Å². The third-order valence-electron chi connectivity index (χ3n) is 5.28. The molecule has 0 radical (unpaired) electrons. The predicted molar refractivity (Wildman–Crippen MR) is 114 cm³/mol. The second-order valence-electron chi connectivity index (χ2n) is 7.12. The van der Waals surface area contributed by atoms with Gasteiger partial charge in [0.05, 0.1) is 25.9 Å². The van der Waals surface area contributed by atoms with Gasteiger partial charge in [-0.1, -0.05) is 24.3 Å². The molecule has 0 bridgehead atoms. The van der Waals surface area contributed by atoms with Gasteiger partial charge in [0, 0.05) is 12.6 Å². The summed E-state index contributed by atoms with van der Waals surface area (Å²) in [4.78, 5) is 15.3. The van der Waals surface area contributed by atoms with Crippen LogP contribution in [0.3, 0.4) is 0 Å². The zero-order valence-corrected chi connectivity index (χ0v) is 17.9. The summed E-state index contributed by atoms with van der Waals surface area (Å²) in [6, 6.07) is 12.0. The minimum absolute atomic E-state index is 0.0448. The Morgan fingerprint density at radius 2 is 1.62 bits per heavy atom. The van der Waals surface area contributed by atoms with Crippen LogP contribution >= 0.6 is 0 Å². The molecule has 1 amide bonds. The molecule has 0 aromatic heterocycles. The van der Waals surface area contributed by atoms with Gasteiger partial charge < -0.3 is 19.1 Å². The molecule has 0 spiro atoms. The smallest absolute Gasteiger partial charge is 0.254 e. The zero-order valence-electron chi connectivity index (χ0n) is 17.9. The van der Waals surface area contributed by atoms with Crippen molar-refractivity contribution in [2.24, 2.45) is 0 Å². The molecule has 2 aromatic rings. The Bertz CT molecular complexity index is 822. The third-order valence-corrected chi connectivity index (χ3v) is 5.28. The molecule has 5 heteroatoms. The summed E-state index contributed by atoms with van der Waals surface area (Å²) in [6.45, 7) is 7.20. The highest BCUT2D eigenvalue weighted by Crippen LogP contribution is 2.40. The van der Waals surface area contributed by atoms with E-state index in [-0.39, 0.29) is 11.9 Å². The normalized spacial score (nSPS) is 15.4. The maximum Gasteiger partial charge on any atom is 0.254 e. The summed E-state index contributed by atoms with van der Waals surface area (Å²) in [5.74, 6) is 1.59. The molecule has 0 aliphatic heterocycles. The van der Waals surface area contributed by atoms with E-state index in [1.165, 1.54) is 11.1 Å². The number of hydrogen-bond donors (Lipinski definition) is 0. The van der Waals surface area contributed by atoms with Crippen molar-refractivity contribution in [2.75, 3.05) is 26.9 Å². The molecule has 156 valence electrons. The molecule has 2 aromatic carbocycles. The van der Waals surface area contributed by atoms with Crippen molar-refractivity contribution in [3.63, 3.8) is 0 Å². The van der Waals surface area contributed by atoms with Gasteiger partial charge in [0.1, 0.15) is 0 Å². The Balaban J connectivity index is 1.96. The van der Waals surface area contributed by atoms with Gasteiger partial charge in [0.2, 0.25) is 5.75 Å². The summed E-state index contributed by atoms with van der Waals surface area (Å²) in [6.07, 6.45) is 3.12. The van der Waals surface area contributed by atoms with Gasteiger partial charge in [-0.25, -0.2) is 0 Å². The van der Waals surface area contributed by atoms with Crippen LogP contribution in [0.25, 0.3) is 0 Å². The number of ether oxygens (including phenoxy) is 3. The van der Waals surface area contributed by atoms with E-state index < -0.39 is 0 Å². The molecule has 29 heavy (non-hydrogen) atoms. The van der Waals surface area contributed by atoms with E-state index in [1.807, 2.05) is 38.8 Å². The van der Waals surface area contributed by atoms with Crippen LogP contribution in [-0.4, -0.2) is 37.7 Å². The highest BCUT2D eigenvalue weighted by molar-refractivity contribution is 5.95. The quantitative estimate of drug-likeness (QED) is 0.627. The number of nitrogens with zero attached hydrogens (tertiary/aromatic N) is 1. The molecule has 1 unspecified atom stereocenters. The van der Waals surface area contributed by atoms with E-state index in [0.717, 1.165) is 19.3 Å². The summed E-state index contributed by atoms with van der Waals surface area (Å²) in [5, 5.41) is 0. The highest BCUT2D eigenvalue weighted by atomic mass is 16.5. The number of aryl methyl sites for hydroxylation is 1. The number of carbonyl (C=O) groups is 1. The molecule has 0 saturated carbocycles. The average Bonchev–Trinajstić information content (AvgIpc) is 2.74. The molecule has 1 aliphatic carbocycles. The van der Waals surface area contributed by atoms with Crippen LogP contribution in [0, 0.1) is 0 Å². The van der Waals surface area contributed by atoms with Crippen LogP contribution in [0.4, 0.5) is 0 Å². The first-order valence-corrected chi connectivity index (χ1v) is 10.5. The minimum Gasteiger partial charge on any atom is -0.490 e. The van der Waals surface area contributed by atoms with Crippen LogP contribution in [-0.2, 0) is 6.42 Å². The Morgan fingerprint density at radius 1 is 1.00 bits per heavy atom. The lowest BCUT2D eigenvalue weighted by molar-refractivity contribution is 0.0714. The number of rotatable bonds is 8.